The highest BCUT2D eigenvalue weighted by Gasteiger charge is 2.11. The molecule has 92 valence electrons. The Kier molecular flexibility index (Phi) is 3.62. The van der Waals surface area contributed by atoms with Gasteiger partial charge >= 0.3 is 5.97 Å². The summed E-state index contributed by atoms with van der Waals surface area (Å²) >= 11 is 1.40. The molecule has 2 rings (SSSR count). The van der Waals surface area contributed by atoms with E-state index < -0.39 is 5.97 Å². The summed E-state index contributed by atoms with van der Waals surface area (Å²) in [5.74, 6) is -0.597. The van der Waals surface area contributed by atoms with E-state index in [2.05, 4.69) is 9.97 Å². The second-order valence-electron chi connectivity index (χ2n) is 3.79. The summed E-state index contributed by atoms with van der Waals surface area (Å²) in [5.41, 5.74) is 1.97. The van der Waals surface area contributed by atoms with E-state index in [1.54, 1.807) is 0 Å². The first-order valence-corrected chi connectivity index (χ1v) is 6.56. The fourth-order valence-corrected chi connectivity index (χ4v) is 1.88. The van der Waals surface area contributed by atoms with Gasteiger partial charge in [-0.2, -0.15) is 0 Å². The van der Waals surface area contributed by atoms with Gasteiger partial charge in [0.2, 0.25) is 0 Å². The number of hydrogen-bond acceptors (Lipinski definition) is 4. The fourth-order valence-electron chi connectivity index (χ4n) is 1.47. The number of carbonyl (C=O) groups is 1. The minimum Gasteiger partial charge on any atom is -0.477 e. The van der Waals surface area contributed by atoms with Gasteiger partial charge in [-0.3, -0.25) is 0 Å². The van der Waals surface area contributed by atoms with Crippen molar-refractivity contribution < 1.29 is 9.90 Å². The predicted octanol–water partition coefficient (Wildman–Crippen LogP) is 2.87. The third-order valence-electron chi connectivity index (χ3n) is 2.44. The van der Waals surface area contributed by atoms with Crippen LogP contribution >= 0.6 is 11.8 Å². The Balaban J connectivity index is 2.52. The van der Waals surface area contributed by atoms with Crippen molar-refractivity contribution in [3.8, 4) is 11.4 Å². The predicted molar refractivity (Wildman–Crippen MR) is 70.9 cm³/mol. The van der Waals surface area contributed by atoms with Crippen molar-refractivity contribution in [1.82, 2.24) is 9.97 Å². The van der Waals surface area contributed by atoms with Crippen LogP contribution in [0.1, 0.15) is 16.1 Å². The zero-order valence-electron chi connectivity index (χ0n) is 10.0. The Hall–Kier alpha value is -1.88. The summed E-state index contributed by atoms with van der Waals surface area (Å²) < 4.78 is 0. The number of benzene rings is 1. The van der Waals surface area contributed by atoms with Gasteiger partial charge in [0.1, 0.15) is 5.03 Å². The first-order valence-electron chi connectivity index (χ1n) is 5.33. The topological polar surface area (TPSA) is 63.1 Å². The molecule has 4 nitrogen and oxygen atoms in total. The summed E-state index contributed by atoms with van der Waals surface area (Å²) in [6.07, 6.45) is 1.85. The molecule has 1 N–H and O–H groups in total. The van der Waals surface area contributed by atoms with Crippen LogP contribution in [0.3, 0.4) is 0 Å². The molecule has 0 atom stereocenters. The summed E-state index contributed by atoms with van der Waals surface area (Å²) in [6, 6.07) is 9.15. The van der Waals surface area contributed by atoms with E-state index in [4.69, 9.17) is 5.11 Å². The number of aromatic nitrogens is 2. The number of nitrogens with zero attached hydrogens (tertiary/aromatic N) is 2. The number of rotatable bonds is 3. The van der Waals surface area contributed by atoms with E-state index in [0.717, 1.165) is 11.1 Å². The monoisotopic (exact) mass is 260 g/mol. The van der Waals surface area contributed by atoms with Crippen LogP contribution in [0.15, 0.2) is 35.4 Å². The molecule has 1 heterocycles. The molecule has 0 saturated carbocycles. The second kappa shape index (κ2) is 5.18. The van der Waals surface area contributed by atoms with E-state index in [1.165, 1.54) is 17.8 Å². The molecule has 18 heavy (non-hydrogen) atoms. The Morgan fingerprint density at radius 2 is 1.89 bits per heavy atom. The lowest BCUT2D eigenvalue weighted by atomic mass is 10.1. The van der Waals surface area contributed by atoms with Gasteiger partial charge in [0.15, 0.2) is 11.5 Å². The highest BCUT2D eigenvalue weighted by molar-refractivity contribution is 7.98. The molecule has 5 heteroatoms. The van der Waals surface area contributed by atoms with Gasteiger partial charge < -0.3 is 5.11 Å². The molecule has 1 aromatic carbocycles. The number of hydrogen-bond donors (Lipinski definition) is 1. The molecule has 0 amide bonds. The lowest BCUT2D eigenvalue weighted by Crippen LogP contribution is -2.03. The summed E-state index contributed by atoms with van der Waals surface area (Å²) in [4.78, 5) is 19.4. The Morgan fingerprint density at radius 1 is 1.22 bits per heavy atom. The Labute approximate surface area is 109 Å². The minimum absolute atomic E-state index is 0.0184. The van der Waals surface area contributed by atoms with Crippen molar-refractivity contribution in [2.45, 2.75) is 11.9 Å². The van der Waals surface area contributed by atoms with Crippen molar-refractivity contribution in [3.05, 3.63) is 41.6 Å². The maximum Gasteiger partial charge on any atom is 0.354 e. The molecule has 1 aromatic heterocycles. The molecular formula is C13H12N2O2S. The number of thioether (sulfide) groups is 1. The van der Waals surface area contributed by atoms with Crippen molar-refractivity contribution >= 4 is 17.7 Å². The van der Waals surface area contributed by atoms with Crippen molar-refractivity contribution in [2.75, 3.05) is 6.26 Å². The van der Waals surface area contributed by atoms with Gasteiger partial charge in [0.05, 0.1) is 0 Å². The van der Waals surface area contributed by atoms with Crippen LogP contribution in [0.5, 0.6) is 0 Å². The third-order valence-corrected chi connectivity index (χ3v) is 3.07. The summed E-state index contributed by atoms with van der Waals surface area (Å²) in [6.45, 7) is 1.99. The van der Waals surface area contributed by atoms with Crippen molar-refractivity contribution in [1.29, 1.82) is 0 Å². The number of aromatic carboxylic acids is 1. The smallest absolute Gasteiger partial charge is 0.354 e. The lowest BCUT2D eigenvalue weighted by Gasteiger charge is -2.04. The van der Waals surface area contributed by atoms with E-state index in [0.29, 0.717) is 10.9 Å². The Bertz CT molecular complexity index is 582. The molecule has 0 aliphatic heterocycles. The lowest BCUT2D eigenvalue weighted by molar-refractivity contribution is 0.0690. The van der Waals surface area contributed by atoms with E-state index in [1.807, 2.05) is 37.4 Å². The first kappa shape index (κ1) is 12.6. The van der Waals surface area contributed by atoms with Crippen molar-refractivity contribution in [2.24, 2.45) is 0 Å². The Morgan fingerprint density at radius 3 is 2.44 bits per heavy atom. The zero-order valence-corrected chi connectivity index (χ0v) is 10.9. The van der Waals surface area contributed by atoms with Gasteiger partial charge in [0.25, 0.3) is 0 Å². The molecular weight excluding hydrogens is 248 g/mol. The molecule has 0 bridgehead atoms. The average Bonchev–Trinajstić information content (AvgIpc) is 2.39. The highest BCUT2D eigenvalue weighted by atomic mass is 32.2. The normalized spacial score (nSPS) is 10.3. The van der Waals surface area contributed by atoms with Crippen LogP contribution in [0.25, 0.3) is 11.4 Å². The summed E-state index contributed by atoms with van der Waals surface area (Å²) in [5, 5.41) is 9.67. The SMILES string of the molecule is CSc1cc(C(=O)O)nc(-c2ccc(C)cc2)n1. The minimum atomic E-state index is -1.04. The van der Waals surface area contributed by atoms with Crippen LogP contribution in [0.4, 0.5) is 0 Å². The van der Waals surface area contributed by atoms with Crippen LogP contribution in [-0.4, -0.2) is 27.3 Å². The number of carboxylic acid groups (broad SMARTS) is 1. The fraction of sp³-hybridized carbons (Fsp3) is 0.154. The highest BCUT2D eigenvalue weighted by Crippen LogP contribution is 2.20. The maximum atomic E-state index is 11.0. The van der Waals surface area contributed by atoms with E-state index in [-0.39, 0.29) is 5.69 Å². The number of carboxylic acids is 1. The van der Waals surface area contributed by atoms with Crippen LogP contribution in [-0.2, 0) is 0 Å². The van der Waals surface area contributed by atoms with Crippen LogP contribution in [0, 0.1) is 6.92 Å². The zero-order chi connectivity index (χ0) is 13.1. The summed E-state index contributed by atoms with van der Waals surface area (Å²) in [7, 11) is 0. The standard InChI is InChI=1S/C13H12N2O2S/c1-8-3-5-9(6-4-8)12-14-10(13(16)17)7-11(15-12)18-2/h3-7H,1-2H3,(H,16,17). The average molecular weight is 260 g/mol. The quantitative estimate of drug-likeness (QED) is 0.679. The maximum absolute atomic E-state index is 11.0. The molecule has 2 aromatic rings. The first-order chi connectivity index (χ1) is 8.60. The third kappa shape index (κ3) is 2.68. The van der Waals surface area contributed by atoms with Crippen LogP contribution in [0.2, 0.25) is 0 Å². The van der Waals surface area contributed by atoms with E-state index >= 15 is 0 Å². The van der Waals surface area contributed by atoms with E-state index in [9.17, 15) is 4.79 Å². The second-order valence-corrected chi connectivity index (χ2v) is 4.62. The largest absolute Gasteiger partial charge is 0.477 e. The number of aryl methyl sites for hydroxylation is 1. The molecule has 0 unspecified atom stereocenters. The van der Waals surface area contributed by atoms with Gasteiger partial charge in [-0.05, 0) is 13.2 Å². The van der Waals surface area contributed by atoms with Gasteiger partial charge in [-0.25, -0.2) is 14.8 Å². The molecule has 0 aliphatic rings. The molecule has 0 saturated heterocycles. The van der Waals surface area contributed by atoms with Gasteiger partial charge in [-0.15, -0.1) is 11.8 Å². The van der Waals surface area contributed by atoms with Gasteiger partial charge in [-0.1, -0.05) is 29.8 Å². The molecule has 0 fully saturated rings. The molecule has 0 aliphatic carbocycles. The van der Waals surface area contributed by atoms with Crippen molar-refractivity contribution in [3.63, 3.8) is 0 Å². The molecule has 0 radical (unpaired) electrons. The van der Waals surface area contributed by atoms with Crippen LogP contribution < -0.4 is 0 Å². The molecule has 0 spiro atoms. The van der Waals surface area contributed by atoms with Gasteiger partial charge in [0, 0.05) is 11.6 Å².